The number of nitrogens with zero attached hydrogens (tertiary/aromatic N) is 1. The molecule has 1 aromatic rings. The normalized spacial score (nSPS) is 19.0. The molecule has 6 heteroatoms. The van der Waals surface area contributed by atoms with Crippen LogP contribution in [0.2, 0.25) is 0 Å². The zero-order valence-electron chi connectivity index (χ0n) is 10.8. The van der Waals surface area contributed by atoms with E-state index in [0.29, 0.717) is 19.7 Å². The van der Waals surface area contributed by atoms with Crippen LogP contribution in [0, 0.1) is 12.3 Å². The van der Waals surface area contributed by atoms with Crippen LogP contribution < -0.4 is 11.1 Å². The monoisotopic (exact) mass is 262 g/mol. The number of nitrogens with two attached hydrogens (primary N) is 1. The Morgan fingerprint density at radius 1 is 1.47 bits per heavy atom. The summed E-state index contributed by atoms with van der Waals surface area (Å²) in [6, 6.07) is 7.39. The van der Waals surface area contributed by atoms with E-state index in [4.69, 9.17) is 15.9 Å². The van der Waals surface area contributed by atoms with Crippen molar-refractivity contribution in [3.05, 3.63) is 29.8 Å². The number of morpholine rings is 1. The number of anilines is 1. The minimum Gasteiger partial charge on any atom is -0.385 e. The Hall–Kier alpha value is -2.08. The van der Waals surface area contributed by atoms with E-state index in [1.165, 1.54) is 0 Å². The summed E-state index contributed by atoms with van der Waals surface area (Å²) in [4.78, 5) is 13.7. The molecule has 1 aliphatic rings. The molecule has 0 aromatic heterocycles. The number of ether oxygens (including phenoxy) is 1. The molecule has 2 rings (SSSR count). The molecule has 102 valence electrons. The highest BCUT2D eigenvalue weighted by Gasteiger charge is 2.25. The van der Waals surface area contributed by atoms with Crippen molar-refractivity contribution in [2.24, 2.45) is 5.73 Å². The van der Waals surface area contributed by atoms with Gasteiger partial charge in [0.05, 0.1) is 13.2 Å². The van der Waals surface area contributed by atoms with Gasteiger partial charge in [-0.2, -0.15) is 0 Å². The number of amidine groups is 1. The van der Waals surface area contributed by atoms with Crippen molar-refractivity contribution >= 4 is 17.6 Å². The number of nitrogens with one attached hydrogen (secondary N) is 2. The lowest BCUT2D eigenvalue weighted by Crippen LogP contribution is -2.51. The summed E-state index contributed by atoms with van der Waals surface area (Å²) in [5.74, 6) is -0.0483. The zero-order chi connectivity index (χ0) is 13.8. The average Bonchev–Trinajstić information content (AvgIpc) is 2.41. The van der Waals surface area contributed by atoms with Gasteiger partial charge >= 0.3 is 6.03 Å². The van der Waals surface area contributed by atoms with Crippen LogP contribution >= 0.6 is 0 Å². The van der Waals surface area contributed by atoms with E-state index in [0.717, 1.165) is 11.3 Å². The van der Waals surface area contributed by atoms with E-state index >= 15 is 0 Å². The van der Waals surface area contributed by atoms with Gasteiger partial charge in [-0.1, -0.05) is 17.7 Å². The maximum atomic E-state index is 12.1. The highest BCUT2D eigenvalue weighted by molar-refractivity contribution is 5.90. The van der Waals surface area contributed by atoms with Crippen LogP contribution in [-0.4, -0.2) is 42.6 Å². The molecule has 4 N–H and O–H groups in total. The number of carbonyl (C=O) groups is 1. The maximum absolute atomic E-state index is 12.1. The van der Waals surface area contributed by atoms with Gasteiger partial charge in [0.2, 0.25) is 0 Å². The van der Waals surface area contributed by atoms with Gasteiger partial charge in [-0.05, 0) is 19.1 Å². The maximum Gasteiger partial charge on any atom is 0.322 e. The molecule has 1 aromatic carbocycles. The fraction of sp³-hybridized carbons (Fsp3) is 0.385. The standard InChI is InChI=1S/C13H18N4O2/c1-9-2-4-10(5-3-9)16-13(18)17-6-7-19-11(8-17)12(14)15/h2-5,11H,6-8H2,1H3,(H3,14,15)(H,16,18). The molecule has 1 unspecified atom stereocenters. The number of aryl methyl sites for hydroxylation is 1. The Labute approximate surface area is 112 Å². The SMILES string of the molecule is Cc1ccc(NC(=O)N2CCOC(C(=N)N)C2)cc1. The molecule has 0 aliphatic carbocycles. The first-order chi connectivity index (χ1) is 9.06. The zero-order valence-corrected chi connectivity index (χ0v) is 10.8. The molecule has 1 fully saturated rings. The highest BCUT2D eigenvalue weighted by atomic mass is 16.5. The summed E-state index contributed by atoms with van der Waals surface area (Å²) in [5.41, 5.74) is 7.29. The number of urea groups is 1. The number of hydrogen-bond donors (Lipinski definition) is 3. The Bertz CT molecular complexity index is 472. The third kappa shape index (κ3) is 3.45. The molecule has 1 aliphatic heterocycles. The first-order valence-electron chi connectivity index (χ1n) is 6.14. The van der Waals surface area contributed by atoms with Crippen molar-refractivity contribution in [3.8, 4) is 0 Å². The Kier molecular flexibility index (Phi) is 4.01. The molecule has 2 amide bonds. The molecule has 0 saturated carbocycles. The molecule has 1 saturated heterocycles. The van der Waals surface area contributed by atoms with Crippen LogP contribution in [0.25, 0.3) is 0 Å². The summed E-state index contributed by atoms with van der Waals surface area (Å²) in [6.07, 6.45) is -0.502. The topological polar surface area (TPSA) is 91.4 Å². The van der Waals surface area contributed by atoms with Crippen molar-refractivity contribution in [1.82, 2.24) is 4.90 Å². The molecule has 0 bridgehead atoms. The summed E-state index contributed by atoms with van der Waals surface area (Å²) >= 11 is 0. The van der Waals surface area contributed by atoms with Crippen LogP contribution in [0.1, 0.15) is 5.56 Å². The average molecular weight is 262 g/mol. The van der Waals surface area contributed by atoms with Gasteiger partial charge in [-0.25, -0.2) is 4.79 Å². The predicted octanol–water partition coefficient (Wildman–Crippen LogP) is 1.16. The molecule has 6 nitrogen and oxygen atoms in total. The summed E-state index contributed by atoms with van der Waals surface area (Å²) < 4.78 is 5.31. The van der Waals surface area contributed by atoms with Gasteiger partial charge < -0.3 is 20.7 Å². The first-order valence-corrected chi connectivity index (χ1v) is 6.14. The lowest BCUT2D eigenvalue weighted by atomic mass is 10.2. The summed E-state index contributed by atoms with van der Waals surface area (Å²) in [5, 5.41) is 10.2. The molecule has 1 atom stereocenters. The molecule has 0 spiro atoms. The van der Waals surface area contributed by atoms with E-state index in [1.807, 2.05) is 31.2 Å². The van der Waals surface area contributed by atoms with Gasteiger partial charge in [-0.3, -0.25) is 5.41 Å². The third-order valence-electron chi connectivity index (χ3n) is 3.00. The lowest BCUT2D eigenvalue weighted by Gasteiger charge is -2.32. The second kappa shape index (κ2) is 5.71. The van der Waals surface area contributed by atoms with Crippen molar-refractivity contribution in [2.75, 3.05) is 25.0 Å². The molecule has 19 heavy (non-hydrogen) atoms. The smallest absolute Gasteiger partial charge is 0.322 e. The van der Waals surface area contributed by atoms with Gasteiger partial charge in [0, 0.05) is 12.2 Å². The van der Waals surface area contributed by atoms with Crippen molar-refractivity contribution in [3.63, 3.8) is 0 Å². The molecular weight excluding hydrogens is 244 g/mol. The van der Waals surface area contributed by atoms with Gasteiger partial charge in [0.25, 0.3) is 0 Å². The van der Waals surface area contributed by atoms with Crippen LogP contribution in [-0.2, 0) is 4.74 Å². The number of rotatable bonds is 2. The van der Waals surface area contributed by atoms with Crippen molar-refractivity contribution in [2.45, 2.75) is 13.0 Å². The number of amides is 2. The third-order valence-corrected chi connectivity index (χ3v) is 3.00. The summed E-state index contributed by atoms with van der Waals surface area (Å²) in [7, 11) is 0. The van der Waals surface area contributed by atoms with Crippen LogP contribution in [0.4, 0.5) is 10.5 Å². The number of carbonyl (C=O) groups excluding carboxylic acids is 1. The van der Waals surface area contributed by atoms with E-state index in [9.17, 15) is 4.79 Å². The number of benzene rings is 1. The number of hydrogen-bond acceptors (Lipinski definition) is 3. The second-order valence-electron chi connectivity index (χ2n) is 4.56. The Morgan fingerprint density at radius 2 is 2.16 bits per heavy atom. The second-order valence-corrected chi connectivity index (χ2v) is 4.56. The molecular formula is C13H18N4O2. The minimum atomic E-state index is -0.502. The quantitative estimate of drug-likeness (QED) is 0.551. The lowest BCUT2D eigenvalue weighted by molar-refractivity contribution is 0.0234. The van der Waals surface area contributed by atoms with E-state index in [1.54, 1.807) is 4.90 Å². The van der Waals surface area contributed by atoms with Crippen LogP contribution in [0.5, 0.6) is 0 Å². The van der Waals surface area contributed by atoms with E-state index < -0.39 is 6.10 Å². The Balaban J connectivity index is 1.96. The minimum absolute atomic E-state index is 0.0483. The van der Waals surface area contributed by atoms with Gasteiger partial charge in [0.15, 0.2) is 0 Å². The van der Waals surface area contributed by atoms with Crippen LogP contribution in [0.15, 0.2) is 24.3 Å². The fourth-order valence-corrected chi connectivity index (χ4v) is 1.86. The van der Waals surface area contributed by atoms with E-state index in [2.05, 4.69) is 5.32 Å². The molecule has 0 radical (unpaired) electrons. The molecule has 1 heterocycles. The highest BCUT2D eigenvalue weighted by Crippen LogP contribution is 2.11. The van der Waals surface area contributed by atoms with Crippen molar-refractivity contribution in [1.29, 1.82) is 5.41 Å². The fourth-order valence-electron chi connectivity index (χ4n) is 1.86. The largest absolute Gasteiger partial charge is 0.385 e. The predicted molar refractivity (Wildman–Crippen MR) is 73.4 cm³/mol. The van der Waals surface area contributed by atoms with Gasteiger partial charge in [0.1, 0.15) is 11.9 Å². The Morgan fingerprint density at radius 3 is 2.79 bits per heavy atom. The van der Waals surface area contributed by atoms with Crippen molar-refractivity contribution < 1.29 is 9.53 Å². The summed E-state index contributed by atoms with van der Waals surface area (Å²) in [6.45, 7) is 3.20. The van der Waals surface area contributed by atoms with Gasteiger partial charge in [-0.15, -0.1) is 0 Å². The van der Waals surface area contributed by atoms with E-state index in [-0.39, 0.29) is 11.9 Å². The first kappa shape index (κ1) is 13.4. The van der Waals surface area contributed by atoms with Crippen LogP contribution in [0.3, 0.4) is 0 Å².